The molecule has 1 aromatic rings. The highest BCUT2D eigenvalue weighted by molar-refractivity contribution is 5.27. The highest BCUT2D eigenvalue weighted by Crippen LogP contribution is 2.20. The molecule has 0 N–H and O–H groups in total. The largest absolute Gasteiger partial charge is 0.494 e. The summed E-state index contributed by atoms with van der Waals surface area (Å²) in [6.45, 7) is 3.00. The first-order chi connectivity index (χ1) is 8.81. The highest BCUT2D eigenvalue weighted by atomic mass is 16.7. The molecule has 0 aliphatic carbocycles. The predicted molar refractivity (Wildman–Crippen MR) is 72.8 cm³/mol. The van der Waals surface area contributed by atoms with Crippen molar-refractivity contribution in [2.45, 2.75) is 38.9 Å². The minimum Gasteiger partial charge on any atom is -0.494 e. The van der Waals surface area contributed by atoms with Crippen LogP contribution in [-0.4, -0.2) is 20.8 Å². The van der Waals surface area contributed by atoms with E-state index in [4.69, 9.17) is 14.2 Å². The van der Waals surface area contributed by atoms with E-state index in [-0.39, 0.29) is 6.29 Å². The lowest BCUT2D eigenvalue weighted by atomic mass is 10.2. The summed E-state index contributed by atoms with van der Waals surface area (Å²) in [5.74, 6) is 0.904. The molecule has 0 aliphatic rings. The van der Waals surface area contributed by atoms with Gasteiger partial charge in [0.1, 0.15) is 5.75 Å². The van der Waals surface area contributed by atoms with Crippen LogP contribution in [0, 0.1) is 0 Å². The second-order valence-electron chi connectivity index (χ2n) is 4.28. The van der Waals surface area contributed by atoms with E-state index in [2.05, 4.69) is 6.92 Å². The molecule has 102 valence electrons. The molecule has 3 nitrogen and oxygen atoms in total. The molecule has 0 bridgehead atoms. The average molecular weight is 252 g/mol. The van der Waals surface area contributed by atoms with Crippen molar-refractivity contribution in [1.29, 1.82) is 0 Å². The first-order valence-corrected chi connectivity index (χ1v) is 6.60. The van der Waals surface area contributed by atoms with Crippen LogP contribution in [0.4, 0.5) is 0 Å². The van der Waals surface area contributed by atoms with E-state index in [1.165, 1.54) is 19.3 Å². The molecule has 0 amide bonds. The third-order valence-corrected chi connectivity index (χ3v) is 2.85. The first-order valence-electron chi connectivity index (χ1n) is 6.60. The summed E-state index contributed by atoms with van der Waals surface area (Å²) < 4.78 is 16.0. The van der Waals surface area contributed by atoms with E-state index < -0.39 is 0 Å². The molecule has 0 aliphatic heterocycles. The number of hydrogen-bond acceptors (Lipinski definition) is 3. The van der Waals surface area contributed by atoms with E-state index in [1.54, 1.807) is 14.2 Å². The third kappa shape index (κ3) is 5.07. The number of hydrogen-bond donors (Lipinski definition) is 0. The van der Waals surface area contributed by atoms with Crippen molar-refractivity contribution in [3.05, 3.63) is 29.8 Å². The fourth-order valence-corrected chi connectivity index (χ4v) is 1.81. The zero-order valence-corrected chi connectivity index (χ0v) is 11.6. The molecule has 0 fully saturated rings. The normalized spacial score (nSPS) is 10.9. The van der Waals surface area contributed by atoms with Crippen molar-refractivity contribution in [2.75, 3.05) is 20.8 Å². The standard InChI is InChI=1S/C15H24O3/c1-4-5-6-7-12-18-14-10-8-13(9-11-14)15(16-2)17-3/h8-11,15H,4-7,12H2,1-3H3. The molecule has 1 rings (SSSR count). The number of ether oxygens (including phenoxy) is 3. The number of rotatable bonds is 9. The summed E-state index contributed by atoms with van der Waals surface area (Å²) >= 11 is 0. The van der Waals surface area contributed by atoms with Crippen LogP contribution in [0.1, 0.15) is 44.5 Å². The van der Waals surface area contributed by atoms with E-state index >= 15 is 0 Å². The maximum atomic E-state index is 5.67. The molecule has 0 atom stereocenters. The Kier molecular flexibility index (Phi) is 7.46. The molecule has 0 saturated heterocycles. The Morgan fingerprint density at radius 1 is 0.944 bits per heavy atom. The van der Waals surface area contributed by atoms with E-state index in [1.807, 2.05) is 24.3 Å². The second kappa shape index (κ2) is 8.95. The van der Waals surface area contributed by atoms with Gasteiger partial charge in [-0.3, -0.25) is 0 Å². The SMILES string of the molecule is CCCCCCOc1ccc(C(OC)OC)cc1. The van der Waals surface area contributed by atoms with Gasteiger partial charge in [-0.15, -0.1) is 0 Å². The maximum Gasteiger partial charge on any atom is 0.183 e. The summed E-state index contributed by atoms with van der Waals surface area (Å²) in [6.07, 6.45) is 4.59. The summed E-state index contributed by atoms with van der Waals surface area (Å²) in [5.41, 5.74) is 0.998. The van der Waals surface area contributed by atoms with Crippen molar-refractivity contribution in [3.63, 3.8) is 0 Å². The van der Waals surface area contributed by atoms with Gasteiger partial charge in [-0.25, -0.2) is 0 Å². The molecule has 18 heavy (non-hydrogen) atoms. The van der Waals surface area contributed by atoms with Gasteiger partial charge in [-0.05, 0) is 18.6 Å². The van der Waals surface area contributed by atoms with Gasteiger partial charge in [0, 0.05) is 19.8 Å². The van der Waals surface area contributed by atoms with Gasteiger partial charge in [0.15, 0.2) is 6.29 Å². The molecular weight excluding hydrogens is 228 g/mol. The molecule has 0 saturated carbocycles. The molecule has 3 heteroatoms. The first kappa shape index (κ1) is 15.0. The Hall–Kier alpha value is -1.06. The lowest BCUT2D eigenvalue weighted by Crippen LogP contribution is -2.03. The molecule has 0 aromatic heterocycles. The molecule has 0 unspecified atom stereocenters. The fourth-order valence-electron chi connectivity index (χ4n) is 1.81. The van der Waals surface area contributed by atoms with Gasteiger partial charge in [0.25, 0.3) is 0 Å². The highest BCUT2D eigenvalue weighted by Gasteiger charge is 2.07. The molecular formula is C15H24O3. The number of unbranched alkanes of at least 4 members (excludes halogenated alkanes) is 3. The predicted octanol–water partition coefficient (Wildman–Crippen LogP) is 3.94. The van der Waals surface area contributed by atoms with Gasteiger partial charge in [0.2, 0.25) is 0 Å². The van der Waals surface area contributed by atoms with Crippen molar-refractivity contribution in [3.8, 4) is 5.75 Å². The average Bonchev–Trinajstić information content (AvgIpc) is 2.41. The fraction of sp³-hybridized carbons (Fsp3) is 0.600. The summed E-state index contributed by atoms with van der Waals surface area (Å²) in [6, 6.07) is 7.86. The third-order valence-electron chi connectivity index (χ3n) is 2.85. The minimum atomic E-state index is -0.302. The lowest BCUT2D eigenvalue weighted by molar-refractivity contribution is -0.106. The Bertz CT molecular complexity index is 304. The molecule has 0 spiro atoms. The van der Waals surface area contributed by atoms with Gasteiger partial charge in [0.05, 0.1) is 6.61 Å². The van der Waals surface area contributed by atoms with Crippen LogP contribution in [0.15, 0.2) is 24.3 Å². The quantitative estimate of drug-likeness (QED) is 0.492. The summed E-state index contributed by atoms with van der Waals surface area (Å²) in [5, 5.41) is 0. The topological polar surface area (TPSA) is 27.7 Å². The number of methoxy groups -OCH3 is 2. The second-order valence-corrected chi connectivity index (χ2v) is 4.28. The van der Waals surface area contributed by atoms with Crippen LogP contribution in [0.3, 0.4) is 0 Å². The van der Waals surface area contributed by atoms with Gasteiger partial charge < -0.3 is 14.2 Å². The zero-order chi connectivity index (χ0) is 13.2. The summed E-state index contributed by atoms with van der Waals surface area (Å²) in [4.78, 5) is 0. The van der Waals surface area contributed by atoms with E-state index in [0.717, 1.165) is 24.3 Å². The van der Waals surface area contributed by atoms with Gasteiger partial charge in [-0.2, -0.15) is 0 Å². The van der Waals surface area contributed by atoms with Crippen LogP contribution in [-0.2, 0) is 9.47 Å². The van der Waals surface area contributed by atoms with Gasteiger partial charge >= 0.3 is 0 Å². The van der Waals surface area contributed by atoms with Crippen LogP contribution in [0.2, 0.25) is 0 Å². The Labute approximate surface area is 110 Å². The minimum absolute atomic E-state index is 0.302. The van der Waals surface area contributed by atoms with Gasteiger partial charge in [-0.1, -0.05) is 38.3 Å². The zero-order valence-electron chi connectivity index (χ0n) is 11.6. The van der Waals surface area contributed by atoms with Crippen LogP contribution in [0.25, 0.3) is 0 Å². The Morgan fingerprint density at radius 3 is 2.17 bits per heavy atom. The molecule has 0 heterocycles. The van der Waals surface area contributed by atoms with Crippen molar-refractivity contribution in [2.24, 2.45) is 0 Å². The van der Waals surface area contributed by atoms with Crippen molar-refractivity contribution in [1.82, 2.24) is 0 Å². The maximum absolute atomic E-state index is 5.67. The van der Waals surface area contributed by atoms with Crippen LogP contribution in [0.5, 0.6) is 5.75 Å². The van der Waals surface area contributed by atoms with E-state index in [0.29, 0.717) is 0 Å². The Balaban J connectivity index is 2.35. The lowest BCUT2D eigenvalue weighted by Gasteiger charge is -2.14. The van der Waals surface area contributed by atoms with Crippen LogP contribution < -0.4 is 4.74 Å². The smallest absolute Gasteiger partial charge is 0.183 e. The van der Waals surface area contributed by atoms with Crippen molar-refractivity contribution < 1.29 is 14.2 Å². The van der Waals surface area contributed by atoms with Crippen LogP contribution >= 0.6 is 0 Å². The summed E-state index contributed by atoms with van der Waals surface area (Å²) in [7, 11) is 3.26. The molecule has 1 aromatic carbocycles. The monoisotopic (exact) mass is 252 g/mol. The molecule has 0 radical (unpaired) electrons. The number of benzene rings is 1. The van der Waals surface area contributed by atoms with Crippen molar-refractivity contribution >= 4 is 0 Å². The van der Waals surface area contributed by atoms with E-state index in [9.17, 15) is 0 Å². The Morgan fingerprint density at radius 2 is 1.61 bits per heavy atom.